The van der Waals surface area contributed by atoms with Gasteiger partial charge in [0.15, 0.2) is 5.82 Å². The highest BCUT2D eigenvalue weighted by Gasteiger charge is 2.17. The van der Waals surface area contributed by atoms with Crippen LogP contribution in [-0.2, 0) is 11.3 Å². The summed E-state index contributed by atoms with van der Waals surface area (Å²) in [7, 11) is 0. The summed E-state index contributed by atoms with van der Waals surface area (Å²) < 4.78 is 5.37. The van der Waals surface area contributed by atoms with Gasteiger partial charge in [-0.05, 0) is 26.7 Å². The Kier molecular flexibility index (Phi) is 7.39. The van der Waals surface area contributed by atoms with Gasteiger partial charge in [0.2, 0.25) is 0 Å². The van der Waals surface area contributed by atoms with Crippen molar-refractivity contribution >= 4 is 11.6 Å². The van der Waals surface area contributed by atoms with E-state index in [1.807, 2.05) is 19.9 Å². The molecule has 0 amide bonds. The van der Waals surface area contributed by atoms with Crippen molar-refractivity contribution in [3.05, 3.63) is 11.9 Å². The molecule has 1 heterocycles. The zero-order valence-corrected chi connectivity index (χ0v) is 13.6. The Hall–Kier alpha value is -1.40. The lowest BCUT2D eigenvalue weighted by Gasteiger charge is -2.22. The Morgan fingerprint density at radius 3 is 2.43 bits per heavy atom. The molecule has 0 saturated carbocycles. The van der Waals surface area contributed by atoms with E-state index in [4.69, 9.17) is 4.74 Å². The summed E-state index contributed by atoms with van der Waals surface area (Å²) in [5.74, 6) is 2.11. The van der Waals surface area contributed by atoms with E-state index >= 15 is 0 Å². The highest BCUT2D eigenvalue weighted by Crippen LogP contribution is 2.15. The molecule has 0 radical (unpaired) electrons. The number of rotatable bonds is 10. The number of nitrogens with zero attached hydrogens (tertiary/aromatic N) is 2. The molecule has 3 N–H and O–H groups in total. The van der Waals surface area contributed by atoms with E-state index in [0.29, 0.717) is 37.8 Å². The quantitative estimate of drug-likeness (QED) is 0.615. The van der Waals surface area contributed by atoms with E-state index in [2.05, 4.69) is 27.5 Å². The topological polar surface area (TPSA) is 79.3 Å². The van der Waals surface area contributed by atoms with Gasteiger partial charge in [-0.25, -0.2) is 9.97 Å². The van der Waals surface area contributed by atoms with Crippen LogP contribution in [-0.4, -0.2) is 40.4 Å². The van der Waals surface area contributed by atoms with Crippen LogP contribution < -0.4 is 10.6 Å². The van der Waals surface area contributed by atoms with Crippen molar-refractivity contribution in [2.24, 2.45) is 0 Å². The van der Waals surface area contributed by atoms with Gasteiger partial charge in [-0.3, -0.25) is 0 Å². The SMILES string of the molecule is CCCNc1cc(NCC(C)(O)CC)nc(COCC)n1. The molecule has 1 aromatic heterocycles. The fourth-order valence-corrected chi connectivity index (χ4v) is 1.60. The minimum Gasteiger partial charge on any atom is -0.388 e. The predicted molar refractivity (Wildman–Crippen MR) is 85.5 cm³/mol. The molecule has 1 aromatic rings. The Bertz CT molecular complexity index is 398. The maximum Gasteiger partial charge on any atom is 0.158 e. The average molecular weight is 296 g/mol. The standard InChI is InChI=1S/C15H28N4O2/c1-5-8-16-12-9-13(17-11-15(4,20)6-2)19-14(18-12)10-21-7-3/h9,20H,5-8,10-11H2,1-4H3,(H2,16,17,18,19). The Morgan fingerprint density at radius 1 is 1.19 bits per heavy atom. The molecule has 0 aliphatic rings. The van der Waals surface area contributed by atoms with Crippen molar-refractivity contribution in [1.29, 1.82) is 0 Å². The summed E-state index contributed by atoms with van der Waals surface area (Å²) in [6.45, 7) is 10.1. The second-order valence-electron chi connectivity index (χ2n) is 5.32. The van der Waals surface area contributed by atoms with Gasteiger partial charge in [-0.2, -0.15) is 0 Å². The fraction of sp³-hybridized carbons (Fsp3) is 0.733. The minimum absolute atomic E-state index is 0.386. The molecule has 0 spiro atoms. The van der Waals surface area contributed by atoms with Crippen LogP contribution in [0.5, 0.6) is 0 Å². The normalized spacial score (nSPS) is 13.8. The van der Waals surface area contributed by atoms with Crippen LogP contribution in [0.4, 0.5) is 11.6 Å². The molecule has 1 unspecified atom stereocenters. The van der Waals surface area contributed by atoms with Gasteiger partial charge in [-0.1, -0.05) is 13.8 Å². The third kappa shape index (κ3) is 6.73. The van der Waals surface area contributed by atoms with Crippen LogP contribution in [0.3, 0.4) is 0 Å². The van der Waals surface area contributed by atoms with E-state index in [-0.39, 0.29) is 0 Å². The number of aliphatic hydroxyl groups is 1. The first-order valence-electron chi connectivity index (χ1n) is 7.66. The summed E-state index contributed by atoms with van der Waals surface area (Å²) in [6.07, 6.45) is 1.70. The largest absolute Gasteiger partial charge is 0.388 e. The van der Waals surface area contributed by atoms with E-state index in [1.54, 1.807) is 6.92 Å². The van der Waals surface area contributed by atoms with Crippen LogP contribution in [0.2, 0.25) is 0 Å². The van der Waals surface area contributed by atoms with Crippen molar-refractivity contribution < 1.29 is 9.84 Å². The van der Waals surface area contributed by atoms with Crippen molar-refractivity contribution in [3.8, 4) is 0 Å². The van der Waals surface area contributed by atoms with Crippen LogP contribution in [0.25, 0.3) is 0 Å². The van der Waals surface area contributed by atoms with Crippen molar-refractivity contribution in [3.63, 3.8) is 0 Å². The Balaban J connectivity index is 2.79. The van der Waals surface area contributed by atoms with Crippen molar-refractivity contribution in [2.75, 3.05) is 30.3 Å². The molecule has 0 saturated heterocycles. The van der Waals surface area contributed by atoms with Crippen molar-refractivity contribution in [1.82, 2.24) is 9.97 Å². The number of nitrogens with one attached hydrogen (secondary N) is 2. The summed E-state index contributed by atoms with van der Waals surface area (Å²) >= 11 is 0. The molecular formula is C15H28N4O2. The van der Waals surface area contributed by atoms with Gasteiger partial charge in [-0.15, -0.1) is 0 Å². The second kappa shape index (κ2) is 8.79. The molecule has 6 nitrogen and oxygen atoms in total. The third-order valence-corrected chi connectivity index (χ3v) is 3.18. The summed E-state index contributed by atoms with van der Waals surface area (Å²) in [5, 5.41) is 16.5. The predicted octanol–water partition coefficient (Wildman–Crippen LogP) is 2.41. The molecule has 1 atom stereocenters. The lowest BCUT2D eigenvalue weighted by molar-refractivity contribution is 0.0696. The van der Waals surface area contributed by atoms with Crippen LogP contribution >= 0.6 is 0 Å². The van der Waals surface area contributed by atoms with Gasteiger partial charge in [0.25, 0.3) is 0 Å². The molecular weight excluding hydrogens is 268 g/mol. The van der Waals surface area contributed by atoms with Gasteiger partial charge < -0.3 is 20.5 Å². The van der Waals surface area contributed by atoms with Crippen molar-refractivity contribution in [2.45, 2.75) is 52.7 Å². The maximum atomic E-state index is 10.1. The zero-order valence-electron chi connectivity index (χ0n) is 13.6. The van der Waals surface area contributed by atoms with E-state index in [1.165, 1.54) is 0 Å². The lowest BCUT2D eigenvalue weighted by Crippen LogP contribution is -2.32. The molecule has 6 heteroatoms. The minimum atomic E-state index is -0.748. The van der Waals surface area contributed by atoms with Gasteiger partial charge in [0, 0.05) is 25.8 Å². The number of ether oxygens (including phenoxy) is 1. The highest BCUT2D eigenvalue weighted by molar-refractivity contribution is 5.47. The monoisotopic (exact) mass is 296 g/mol. The molecule has 0 fully saturated rings. The molecule has 21 heavy (non-hydrogen) atoms. The molecule has 0 aliphatic heterocycles. The third-order valence-electron chi connectivity index (χ3n) is 3.18. The molecule has 1 rings (SSSR count). The van der Waals surface area contributed by atoms with E-state index < -0.39 is 5.60 Å². The Morgan fingerprint density at radius 2 is 1.86 bits per heavy atom. The smallest absolute Gasteiger partial charge is 0.158 e. The fourth-order valence-electron chi connectivity index (χ4n) is 1.60. The summed E-state index contributed by atoms with van der Waals surface area (Å²) in [4.78, 5) is 8.84. The number of hydrogen-bond donors (Lipinski definition) is 3. The Labute approximate surface area is 127 Å². The number of anilines is 2. The molecule has 0 bridgehead atoms. The zero-order chi connectivity index (χ0) is 15.7. The lowest BCUT2D eigenvalue weighted by atomic mass is 10.0. The first-order valence-corrected chi connectivity index (χ1v) is 7.66. The van der Waals surface area contributed by atoms with Crippen LogP contribution in [0.15, 0.2) is 6.07 Å². The summed E-state index contributed by atoms with van der Waals surface area (Å²) in [6, 6.07) is 1.86. The van der Waals surface area contributed by atoms with Gasteiger partial charge >= 0.3 is 0 Å². The van der Waals surface area contributed by atoms with Crippen LogP contribution in [0, 0.1) is 0 Å². The first-order chi connectivity index (χ1) is 10.0. The number of aromatic nitrogens is 2. The molecule has 120 valence electrons. The average Bonchev–Trinajstić information content (AvgIpc) is 2.49. The maximum absolute atomic E-state index is 10.1. The highest BCUT2D eigenvalue weighted by atomic mass is 16.5. The number of hydrogen-bond acceptors (Lipinski definition) is 6. The molecule has 0 aliphatic carbocycles. The van der Waals surface area contributed by atoms with Gasteiger partial charge in [0.05, 0.1) is 5.60 Å². The van der Waals surface area contributed by atoms with Gasteiger partial charge in [0.1, 0.15) is 18.2 Å². The van der Waals surface area contributed by atoms with Crippen LogP contribution in [0.1, 0.15) is 46.4 Å². The first kappa shape index (κ1) is 17.7. The molecule has 0 aromatic carbocycles. The summed E-state index contributed by atoms with van der Waals surface area (Å²) in [5.41, 5.74) is -0.748. The second-order valence-corrected chi connectivity index (χ2v) is 5.32. The van der Waals surface area contributed by atoms with E-state index in [0.717, 1.165) is 18.8 Å². The van der Waals surface area contributed by atoms with E-state index in [9.17, 15) is 5.11 Å².